The standard InChI is InChI=1S/C32H40F8O2/c1-2-3-19-4-6-20(7-5-19)21-8-10-22(11-9-21)29(37)30(38)23-12-14-24(15-13-23)32(39,40)42-25-16-26(33)31(27(34)17-25)41-18-28(35)36/h16-24H,2-15H2,1H3/b30-29+. The van der Waals surface area contributed by atoms with Crippen molar-refractivity contribution in [1.29, 1.82) is 0 Å². The van der Waals surface area contributed by atoms with Gasteiger partial charge in [0.05, 0.1) is 5.92 Å². The molecular formula is C32H40F8O2. The molecule has 0 atom stereocenters. The van der Waals surface area contributed by atoms with Crippen LogP contribution >= 0.6 is 0 Å². The van der Waals surface area contributed by atoms with Crippen molar-refractivity contribution >= 4 is 0 Å². The molecule has 236 valence electrons. The number of ether oxygens (including phenoxy) is 2. The van der Waals surface area contributed by atoms with Gasteiger partial charge in [0, 0.05) is 24.0 Å². The molecular weight excluding hydrogens is 568 g/mol. The van der Waals surface area contributed by atoms with E-state index in [0.717, 1.165) is 18.8 Å². The Kier molecular flexibility index (Phi) is 11.3. The van der Waals surface area contributed by atoms with E-state index in [1.54, 1.807) is 0 Å². The molecule has 0 radical (unpaired) electrons. The Balaban J connectivity index is 1.27. The lowest BCUT2D eigenvalue weighted by Crippen LogP contribution is -2.37. The highest BCUT2D eigenvalue weighted by Gasteiger charge is 2.45. The highest BCUT2D eigenvalue weighted by molar-refractivity contribution is 5.35. The molecule has 0 spiro atoms. The Morgan fingerprint density at radius 3 is 1.71 bits per heavy atom. The van der Waals surface area contributed by atoms with Crippen LogP contribution in [0.4, 0.5) is 35.1 Å². The van der Waals surface area contributed by atoms with Crippen molar-refractivity contribution in [3.63, 3.8) is 0 Å². The minimum Gasteiger partial charge on any atom is -0.453 e. The van der Waals surface area contributed by atoms with E-state index in [2.05, 4.69) is 16.4 Å². The molecule has 0 aliphatic heterocycles. The molecule has 2 nitrogen and oxygen atoms in total. The highest BCUT2D eigenvalue weighted by atomic mass is 19.3. The zero-order valence-corrected chi connectivity index (χ0v) is 23.9. The number of hydrogen-bond donors (Lipinski definition) is 0. The summed E-state index contributed by atoms with van der Waals surface area (Å²) in [5.74, 6) is -7.17. The van der Waals surface area contributed by atoms with Gasteiger partial charge in [-0.15, -0.1) is 0 Å². The molecule has 42 heavy (non-hydrogen) atoms. The van der Waals surface area contributed by atoms with Crippen molar-refractivity contribution < 1.29 is 44.6 Å². The second-order valence-corrected chi connectivity index (χ2v) is 12.3. The van der Waals surface area contributed by atoms with Crippen LogP contribution in [-0.4, -0.2) is 6.11 Å². The minimum absolute atomic E-state index is 0.00412. The summed E-state index contributed by atoms with van der Waals surface area (Å²) in [5, 5.41) is 0. The van der Waals surface area contributed by atoms with Crippen LogP contribution in [0.25, 0.3) is 0 Å². The average Bonchev–Trinajstić information content (AvgIpc) is 2.96. The van der Waals surface area contributed by atoms with E-state index in [9.17, 15) is 26.3 Å². The molecule has 0 heterocycles. The molecule has 0 amide bonds. The summed E-state index contributed by atoms with van der Waals surface area (Å²) < 4.78 is 121. The molecule has 1 aromatic rings. The van der Waals surface area contributed by atoms with Gasteiger partial charge in [-0.25, -0.2) is 17.6 Å². The molecule has 10 heteroatoms. The first kappa shape index (κ1) is 32.6. The summed E-state index contributed by atoms with van der Waals surface area (Å²) >= 11 is 0. The minimum atomic E-state index is -3.84. The molecule has 3 aliphatic carbocycles. The molecule has 0 N–H and O–H groups in total. The molecule has 3 fully saturated rings. The average molecular weight is 609 g/mol. The zero-order chi connectivity index (χ0) is 30.4. The largest absolute Gasteiger partial charge is 0.453 e. The van der Waals surface area contributed by atoms with Gasteiger partial charge in [-0.3, -0.25) is 0 Å². The van der Waals surface area contributed by atoms with E-state index in [4.69, 9.17) is 0 Å². The van der Waals surface area contributed by atoms with Crippen molar-refractivity contribution in [2.75, 3.05) is 0 Å². The predicted octanol–water partition coefficient (Wildman–Crippen LogP) is 11.4. The lowest BCUT2D eigenvalue weighted by atomic mass is 9.68. The SMILES string of the molecule is CCCC1CCC(C2CCC(/C(F)=C(\F)C3CCC(C(F)(F)Oc4cc(F)c(OC=C(F)F)c(F)c4)CC3)CC2)CC1. The van der Waals surface area contributed by atoms with Gasteiger partial charge in [0.25, 0.3) is 0 Å². The smallest absolute Gasteiger partial charge is 0.400 e. The Morgan fingerprint density at radius 1 is 0.762 bits per heavy atom. The number of halogens is 8. The molecule has 0 bridgehead atoms. The van der Waals surface area contributed by atoms with E-state index >= 15 is 8.78 Å². The quantitative estimate of drug-likeness (QED) is 0.194. The third-order valence-corrected chi connectivity index (χ3v) is 9.67. The van der Waals surface area contributed by atoms with Crippen molar-refractivity contribution in [2.24, 2.45) is 35.5 Å². The monoisotopic (exact) mass is 608 g/mol. The Bertz CT molecular complexity index is 1070. The van der Waals surface area contributed by atoms with Crippen LogP contribution in [0, 0.1) is 47.1 Å². The molecule has 0 aromatic heterocycles. The number of rotatable bonds is 10. The van der Waals surface area contributed by atoms with Gasteiger partial charge in [0.2, 0.25) is 0 Å². The van der Waals surface area contributed by atoms with Crippen LogP contribution in [0.1, 0.15) is 96.8 Å². The van der Waals surface area contributed by atoms with Crippen LogP contribution in [0.15, 0.2) is 36.1 Å². The van der Waals surface area contributed by atoms with Crippen LogP contribution in [0.2, 0.25) is 0 Å². The van der Waals surface area contributed by atoms with Gasteiger partial charge in [0.15, 0.2) is 23.6 Å². The van der Waals surface area contributed by atoms with Gasteiger partial charge >= 0.3 is 12.2 Å². The molecule has 0 saturated heterocycles. The van der Waals surface area contributed by atoms with E-state index in [-0.39, 0.29) is 31.9 Å². The summed E-state index contributed by atoms with van der Waals surface area (Å²) in [5.41, 5.74) is 0. The number of allylic oxidation sites excluding steroid dienone is 2. The summed E-state index contributed by atoms with van der Waals surface area (Å²) in [6.07, 6.45) is 3.78. The van der Waals surface area contributed by atoms with Gasteiger partial charge in [-0.05, 0) is 82.0 Å². The third-order valence-electron chi connectivity index (χ3n) is 9.67. The molecule has 1 aromatic carbocycles. The van der Waals surface area contributed by atoms with Crippen molar-refractivity contribution in [2.45, 2.75) is 103 Å². The maximum atomic E-state index is 15.2. The van der Waals surface area contributed by atoms with Gasteiger partial charge < -0.3 is 9.47 Å². The summed E-state index contributed by atoms with van der Waals surface area (Å²) in [4.78, 5) is 0. The summed E-state index contributed by atoms with van der Waals surface area (Å²) in [7, 11) is 0. The zero-order valence-electron chi connectivity index (χ0n) is 23.9. The first-order valence-corrected chi connectivity index (χ1v) is 15.3. The number of hydrogen-bond acceptors (Lipinski definition) is 2. The predicted molar refractivity (Wildman–Crippen MR) is 143 cm³/mol. The Morgan fingerprint density at radius 2 is 1.24 bits per heavy atom. The lowest BCUT2D eigenvalue weighted by molar-refractivity contribution is -0.223. The molecule has 4 rings (SSSR count). The number of alkyl halides is 2. The van der Waals surface area contributed by atoms with Crippen LogP contribution in [0.3, 0.4) is 0 Å². The van der Waals surface area contributed by atoms with Gasteiger partial charge in [-0.1, -0.05) is 32.6 Å². The summed E-state index contributed by atoms with van der Waals surface area (Å²) in [6.45, 7) is 2.22. The van der Waals surface area contributed by atoms with E-state index in [1.807, 2.05) is 0 Å². The van der Waals surface area contributed by atoms with Gasteiger partial charge in [-0.2, -0.15) is 17.6 Å². The van der Waals surface area contributed by atoms with Crippen LogP contribution in [-0.2, 0) is 0 Å². The van der Waals surface area contributed by atoms with Gasteiger partial charge in [0.1, 0.15) is 17.4 Å². The van der Waals surface area contributed by atoms with Crippen LogP contribution in [0.5, 0.6) is 11.5 Å². The number of benzene rings is 1. The van der Waals surface area contributed by atoms with Crippen molar-refractivity contribution in [1.82, 2.24) is 0 Å². The second kappa shape index (κ2) is 14.5. The molecule has 3 saturated carbocycles. The van der Waals surface area contributed by atoms with Crippen LogP contribution < -0.4 is 9.47 Å². The highest BCUT2D eigenvalue weighted by Crippen LogP contribution is 2.47. The fourth-order valence-corrected chi connectivity index (χ4v) is 7.33. The topological polar surface area (TPSA) is 18.5 Å². The van der Waals surface area contributed by atoms with E-state index in [0.29, 0.717) is 36.8 Å². The maximum absolute atomic E-state index is 15.2. The maximum Gasteiger partial charge on any atom is 0.400 e. The first-order valence-electron chi connectivity index (χ1n) is 15.3. The Hall–Kier alpha value is -2.26. The normalized spacial score (nSPS) is 29.5. The lowest BCUT2D eigenvalue weighted by Gasteiger charge is -2.38. The summed E-state index contributed by atoms with van der Waals surface area (Å²) in [6, 6.07) is 0.817. The van der Waals surface area contributed by atoms with E-state index < -0.39 is 64.7 Å². The Labute approximate surface area is 242 Å². The fourth-order valence-electron chi connectivity index (χ4n) is 7.33. The fraction of sp³-hybridized carbons (Fsp3) is 0.688. The van der Waals surface area contributed by atoms with Crippen molar-refractivity contribution in [3.05, 3.63) is 47.8 Å². The molecule has 0 unspecified atom stereocenters. The van der Waals surface area contributed by atoms with Crippen molar-refractivity contribution in [3.8, 4) is 11.5 Å². The van der Waals surface area contributed by atoms with E-state index in [1.165, 1.54) is 38.5 Å². The second-order valence-electron chi connectivity index (χ2n) is 12.3. The third kappa shape index (κ3) is 8.22. The molecule has 3 aliphatic rings. The first-order chi connectivity index (χ1) is 20.0.